The molecular formula is C16H21ClN2O2. The van der Waals surface area contributed by atoms with E-state index in [9.17, 15) is 4.79 Å². The van der Waals surface area contributed by atoms with Gasteiger partial charge in [-0.2, -0.15) is 0 Å². The molecule has 5 heteroatoms. The largest absolute Gasteiger partial charge is 0.377 e. The Kier molecular flexibility index (Phi) is 4.48. The third-order valence-corrected chi connectivity index (χ3v) is 4.69. The number of nitrogens with zero attached hydrogens (tertiary/aromatic N) is 2. The number of para-hydroxylation sites is 1. The fourth-order valence-corrected chi connectivity index (χ4v) is 3.46. The van der Waals surface area contributed by atoms with Crippen LogP contribution in [0.4, 0.5) is 5.69 Å². The van der Waals surface area contributed by atoms with Crippen molar-refractivity contribution < 1.29 is 9.53 Å². The number of likely N-dealkylation sites (N-methyl/N-ethyl adjacent to an activating group) is 1. The van der Waals surface area contributed by atoms with Crippen LogP contribution in [0.1, 0.15) is 19.3 Å². The van der Waals surface area contributed by atoms with Crippen LogP contribution in [0, 0.1) is 0 Å². The Hall–Kier alpha value is -1.10. The number of rotatable bonds is 4. The van der Waals surface area contributed by atoms with Gasteiger partial charge in [0.15, 0.2) is 0 Å². The number of halogens is 1. The van der Waals surface area contributed by atoms with Gasteiger partial charge in [-0.25, -0.2) is 0 Å². The second-order valence-electron chi connectivity index (χ2n) is 5.82. The molecule has 21 heavy (non-hydrogen) atoms. The van der Waals surface area contributed by atoms with Crippen molar-refractivity contribution in [3.8, 4) is 0 Å². The highest BCUT2D eigenvalue weighted by atomic mass is 35.5. The van der Waals surface area contributed by atoms with Gasteiger partial charge in [-0.05, 0) is 38.4 Å². The zero-order valence-corrected chi connectivity index (χ0v) is 13.1. The predicted molar refractivity (Wildman–Crippen MR) is 83.8 cm³/mol. The number of amides is 1. The molecule has 3 rings (SSSR count). The fourth-order valence-electron chi connectivity index (χ4n) is 3.22. The van der Waals surface area contributed by atoms with Gasteiger partial charge in [-0.3, -0.25) is 9.69 Å². The van der Waals surface area contributed by atoms with E-state index in [-0.39, 0.29) is 18.1 Å². The Labute approximate surface area is 130 Å². The Morgan fingerprint density at radius 2 is 2.19 bits per heavy atom. The third kappa shape index (κ3) is 3.07. The molecule has 114 valence electrons. The van der Waals surface area contributed by atoms with E-state index in [0.717, 1.165) is 44.6 Å². The predicted octanol–water partition coefficient (Wildman–Crippen LogP) is 2.56. The smallest absolute Gasteiger partial charge is 0.244 e. The molecule has 0 N–H and O–H groups in total. The van der Waals surface area contributed by atoms with Crippen molar-refractivity contribution in [1.29, 1.82) is 0 Å². The maximum absolute atomic E-state index is 12.7. The van der Waals surface area contributed by atoms with Crippen LogP contribution >= 0.6 is 11.6 Å². The van der Waals surface area contributed by atoms with E-state index < -0.39 is 0 Å². The lowest BCUT2D eigenvalue weighted by atomic mass is 10.2. The maximum Gasteiger partial charge on any atom is 0.244 e. The average molecular weight is 309 g/mol. The van der Waals surface area contributed by atoms with Gasteiger partial charge < -0.3 is 9.64 Å². The molecule has 1 amide bonds. The van der Waals surface area contributed by atoms with Crippen LogP contribution in [-0.2, 0) is 9.53 Å². The molecule has 0 aliphatic carbocycles. The second-order valence-corrected chi connectivity index (χ2v) is 6.23. The Morgan fingerprint density at radius 1 is 1.38 bits per heavy atom. The first-order chi connectivity index (χ1) is 10.2. The van der Waals surface area contributed by atoms with Gasteiger partial charge in [0, 0.05) is 19.7 Å². The lowest BCUT2D eigenvalue weighted by molar-refractivity contribution is -0.121. The summed E-state index contributed by atoms with van der Waals surface area (Å²) < 4.78 is 5.66. The van der Waals surface area contributed by atoms with Crippen molar-refractivity contribution in [3.63, 3.8) is 0 Å². The fraction of sp³-hybridized carbons (Fsp3) is 0.562. The van der Waals surface area contributed by atoms with Crippen LogP contribution in [-0.4, -0.2) is 49.7 Å². The van der Waals surface area contributed by atoms with E-state index in [0.29, 0.717) is 5.02 Å². The maximum atomic E-state index is 12.7. The summed E-state index contributed by atoms with van der Waals surface area (Å²) >= 11 is 6.21. The Balaban J connectivity index is 1.67. The first-order valence-electron chi connectivity index (χ1n) is 7.54. The normalized spacial score (nSPS) is 26.0. The van der Waals surface area contributed by atoms with E-state index in [1.165, 1.54) is 0 Å². The van der Waals surface area contributed by atoms with Crippen LogP contribution in [0.2, 0.25) is 5.02 Å². The number of hydrogen-bond acceptors (Lipinski definition) is 3. The molecule has 1 aromatic rings. The van der Waals surface area contributed by atoms with Crippen LogP contribution in [0.25, 0.3) is 0 Å². The molecule has 0 bridgehead atoms. The SMILES string of the molecule is CN(C[C@@H]1CCCO1)[C@H]1CCN(c2ccccc2Cl)C1=O. The van der Waals surface area contributed by atoms with Crippen molar-refractivity contribution >= 4 is 23.2 Å². The lowest BCUT2D eigenvalue weighted by Gasteiger charge is -2.26. The van der Waals surface area contributed by atoms with E-state index in [1.54, 1.807) is 4.90 Å². The molecule has 0 unspecified atom stereocenters. The van der Waals surface area contributed by atoms with E-state index in [1.807, 2.05) is 31.3 Å². The molecule has 0 saturated carbocycles. The van der Waals surface area contributed by atoms with Gasteiger partial charge in [0.1, 0.15) is 0 Å². The molecule has 0 aromatic heterocycles. The summed E-state index contributed by atoms with van der Waals surface area (Å²) in [6.45, 7) is 2.40. The first-order valence-corrected chi connectivity index (χ1v) is 7.92. The molecule has 2 atom stereocenters. The third-order valence-electron chi connectivity index (χ3n) is 4.37. The molecule has 0 radical (unpaired) electrons. The number of carbonyl (C=O) groups excluding carboxylic acids is 1. The van der Waals surface area contributed by atoms with Crippen molar-refractivity contribution in [2.75, 3.05) is 31.6 Å². The Bertz CT molecular complexity index is 517. The van der Waals surface area contributed by atoms with Gasteiger partial charge in [0.05, 0.1) is 22.9 Å². The monoisotopic (exact) mass is 308 g/mol. The van der Waals surface area contributed by atoms with Crippen molar-refractivity contribution in [3.05, 3.63) is 29.3 Å². The number of benzene rings is 1. The molecule has 2 aliphatic heterocycles. The molecule has 2 saturated heterocycles. The zero-order chi connectivity index (χ0) is 14.8. The number of hydrogen-bond donors (Lipinski definition) is 0. The highest BCUT2D eigenvalue weighted by molar-refractivity contribution is 6.33. The summed E-state index contributed by atoms with van der Waals surface area (Å²) in [5.74, 6) is 0.142. The first kappa shape index (κ1) is 14.8. The zero-order valence-electron chi connectivity index (χ0n) is 12.3. The molecule has 4 nitrogen and oxygen atoms in total. The Morgan fingerprint density at radius 3 is 2.90 bits per heavy atom. The van der Waals surface area contributed by atoms with E-state index >= 15 is 0 Å². The number of carbonyl (C=O) groups is 1. The molecule has 2 aliphatic rings. The molecule has 2 fully saturated rings. The minimum absolute atomic E-state index is 0.0644. The summed E-state index contributed by atoms with van der Waals surface area (Å²) in [6, 6.07) is 7.46. The van der Waals surface area contributed by atoms with E-state index in [4.69, 9.17) is 16.3 Å². The number of anilines is 1. The highest BCUT2D eigenvalue weighted by Crippen LogP contribution is 2.30. The summed E-state index contributed by atoms with van der Waals surface area (Å²) in [5, 5.41) is 0.633. The van der Waals surface area contributed by atoms with Gasteiger partial charge >= 0.3 is 0 Å². The minimum Gasteiger partial charge on any atom is -0.377 e. The second kappa shape index (κ2) is 6.34. The summed E-state index contributed by atoms with van der Waals surface area (Å²) in [7, 11) is 2.01. The van der Waals surface area contributed by atoms with Crippen LogP contribution < -0.4 is 4.90 Å². The summed E-state index contributed by atoms with van der Waals surface area (Å²) in [6.07, 6.45) is 3.34. The molecular weight excluding hydrogens is 288 g/mol. The average Bonchev–Trinajstić information content (AvgIpc) is 3.09. The molecule has 2 heterocycles. The van der Waals surface area contributed by atoms with E-state index in [2.05, 4.69) is 4.90 Å². The van der Waals surface area contributed by atoms with Crippen molar-refractivity contribution in [2.45, 2.75) is 31.4 Å². The highest BCUT2D eigenvalue weighted by Gasteiger charge is 2.36. The van der Waals surface area contributed by atoms with Crippen molar-refractivity contribution in [1.82, 2.24) is 4.90 Å². The summed E-state index contributed by atoms with van der Waals surface area (Å²) in [4.78, 5) is 16.6. The quantitative estimate of drug-likeness (QED) is 0.857. The van der Waals surface area contributed by atoms with Crippen LogP contribution in [0.15, 0.2) is 24.3 Å². The van der Waals surface area contributed by atoms with Gasteiger partial charge in [-0.15, -0.1) is 0 Å². The molecule has 0 spiro atoms. The molecule has 1 aromatic carbocycles. The summed E-state index contributed by atoms with van der Waals surface area (Å²) in [5.41, 5.74) is 0.817. The van der Waals surface area contributed by atoms with Crippen LogP contribution in [0.5, 0.6) is 0 Å². The van der Waals surface area contributed by atoms with Crippen LogP contribution in [0.3, 0.4) is 0 Å². The lowest BCUT2D eigenvalue weighted by Crippen LogP contribution is -2.43. The standard InChI is InChI=1S/C16H21ClN2O2/c1-18(11-12-5-4-10-21-12)15-8-9-19(16(15)20)14-7-3-2-6-13(14)17/h2-3,6-7,12,15H,4-5,8-11H2,1H3/t12-,15-/m0/s1. The number of ether oxygens (including phenoxy) is 1. The van der Waals surface area contributed by atoms with Gasteiger partial charge in [-0.1, -0.05) is 23.7 Å². The van der Waals surface area contributed by atoms with Gasteiger partial charge in [0.25, 0.3) is 0 Å². The van der Waals surface area contributed by atoms with Gasteiger partial charge in [0.2, 0.25) is 5.91 Å². The minimum atomic E-state index is -0.0644. The topological polar surface area (TPSA) is 32.8 Å². The van der Waals surface area contributed by atoms with Crippen molar-refractivity contribution in [2.24, 2.45) is 0 Å².